The number of aryl methyl sites for hydroxylation is 2. The van der Waals surface area contributed by atoms with Gasteiger partial charge in [0.1, 0.15) is 12.2 Å². The van der Waals surface area contributed by atoms with Crippen molar-refractivity contribution in [3.05, 3.63) is 59.7 Å². The molecule has 2 saturated heterocycles. The monoisotopic (exact) mass is 354 g/mol. The number of rotatable bonds is 5. The van der Waals surface area contributed by atoms with E-state index in [4.69, 9.17) is 18.9 Å². The highest BCUT2D eigenvalue weighted by Gasteiger charge is 2.47. The summed E-state index contributed by atoms with van der Waals surface area (Å²) in [5, 5.41) is 2.50. The Bertz CT molecular complexity index is 800. The Kier molecular flexibility index (Phi) is 5.09. The molecule has 0 aliphatic carbocycles. The number of fused-ring (bicyclic) bond motifs is 2. The molecule has 0 saturated carbocycles. The molecule has 138 valence electrons. The van der Waals surface area contributed by atoms with Crippen molar-refractivity contribution < 1.29 is 18.9 Å². The quantitative estimate of drug-likeness (QED) is 0.759. The third-order valence-corrected chi connectivity index (χ3v) is 5.22. The molecule has 0 N–H and O–H groups in total. The van der Waals surface area contributed by atoms with Crippen molar-refractivity contribution in [2.24, 2.45) is 0 Å². The first kappa shape index (κ1) is 17.7. The molecule has 2 aliphatic rings. The van der Waals surface area contributed by atoms with Gasteiger partial charge in [0.25, 0.3) is 0 Å². The van der Waals surface area contributed by atoms with Crippen LogP contribution in [0.1, 0.15) is 23.1 Å². The van der Waals surface area contributed by atoms with E-state index in [2.05, 4.69) is 50.8 Å². The van der Waals surface area contributed by atoms with Gasteiger partial charge >= 0.3 is 0 Å². The minimum atomic E-state index is -0.334. The smallest absolute Gasteiger partial charge is 0.186 e. The molecule has 26 heavy (non-hydrogen) atoms. The van der Waals surface area contributed by atoms with Crippen molar-refractivity contribution in [2.75, 3.05) is 13.2 Å². The normalized spacial score (nSPS) is 28.2. The van der Waals surface area contributed by atoms with Crippen LogP contribution in [0.2, 0.25) is 0 Å². The van der Waals surface area contributed by atoms with Gasteiger partial charge < -0.3 is 18.9 Å². The van der Waals surface area contributed by atoms with Crippen molar-refractivity contribution in [3.63, 3.8) is 0 Å². The number of hydrogen-bond acceptors (Lipinski definition) is 4. The second-order valence-electron chi connectivity index (χ2n) is 7.18. The van der Waals surface area contributed by atoms with Gasteiger partial charge in [0, 0.05) is 0 Å². The van der Waals surface area contributed by atoms with Crippen LogP contribution in [-0.4, -0.2) is 37.8 Å². The van der Waals surface area contributed by atoms with E-state index in [1.165, 1.54) is 27.5 Å². The highest BCUT2D eigenvalue weighted by molar-refractivity contribution is 5.84. The SMILES string of the molecule is C=CC[C@H]1O[C@@H]2OCCO[C@@H]2[C@H]1OCc1cc2ccc(C)cc2cc1C. The Morgan fingerprint density at radius 3 is 2.81 bits per heavy atom. The highest BCUT2D eigenvalue weighted by atomic mass is 16.7. The molecule has 2 heterocycles. The Morgan fingerprint density at radius 2 is 1.96 bits per heavy atom. The average Bonchev–Trinajstić information content (AvgIpc) is 2.97. The predicted octanol–water partition coefficient (Wildman–Crippen LogP) is 4.06. The van der Waals surface area contributed by atoms with Gasteiger partial charge in [-0.2, -0.15) is 0 Å². The maximum absolute atomic E-state index is 6.30. The summed E-state index contributed by atoms with van der Waals surface area (Å²) >= 11 is 0. The highest BCUT2D eigenvalue weighted by Crippen LogP contribution is 2.32. The van der Waals surface area contributed by atoms with E-state index < -0.39 is 0 Å². The fourth-order valence-corrected chi connectivity index (χ4v) is 3.83. The lowest BCUT2D eigenvalue weighted by molar-refractivity contribution is -0.221. The summed E-state index contributed by atoms with van der Waals surface area (Å²) in [6, 6.07) is 11.0. The van der Waals surface area contributed by atoms with Crippen LogP contribution in [0.3, 0.4) is 0 Å². The van der Waals surface area contributed by atoms with E-state index in [9.17, 15) is 0 Å². The molecule has 4 heteroatoms. The van der Waals surface area contributed by atoms with Crippen LogP contribution in [0.4, 0.5) is 0 Å². The van der Waals surface area contributed by atoms with Crippen molar-refractivity contribution in [1.82, 2.24) is 0 Å². The molecule has 4 nitrogen and oxygen atoms in total. The average molecular weight is 354 g/mol. The summed E-state index contributed by atoms with van der Waals surface area (Å²) in [6.45, 7) is 9.77. The lowest BCUT2D eigenvalue weighted by atomic mass is 10.0. The third kappa shape index (κ3) is 3.42. The maximum Gasteiger partial charge on any atom is 0.186 e. The zero-order valence-electron chi connectivity index (χ0n) is 15.4. The Labute approximate surface area is 154 Å². The number of hydrogen-bond donors (Lipinski definition) is 0. The van der Waals surface area contributed by atoms with Crippen LogP contribution in [0.5, 0.6) is 0 Å². The second-order valence-corrected chi connectivity index (χ2v) is 7.18. The Morgan fingerprint density at radius 1 is 1.12 bits per heavy atom. The zero-order valence-corrected chi connectivity index (χ0v) is 15.4. The minimum Gasteiger partial charge on any atom is -0.368 e. The van der Waals surface area contributed by atoms with Crippen LogP contribution in [0.25, 0.3) is 10.8 Å². The fourth-order valence-electron chi connectivity index (χ4n) is 3.83. The van der Waals surface area contributed by atoms with Crippen LogP contribution < -0.4 is 0 Å². The van der Waals surface area contributed by atoms with E-state index >= 15 is 0 Å². The molecule has 0 bridgehead atoms. The molecule has 2 aliphatic heterocycles. The molecule has 4 atom stereocenters. The van der Waals surface area contributed by atoms with Gasteiger partial charge in [-0.25, -0.2) is 0 Å². The molecule has 0 amide bonds. The first-order chi connectivity index (χ1) is 12.7. The summed E-state index contributed by atoms with van der Waals surface area (Å²) in [6.07, 6.45) is 1.86. The molecule has 0 spiro atoms. The van der Waals surface area contributed by atoms with Gasteiger partial charge in [-0.3, -0.25) is 0 Å². The summed E-state index contributed by atoms with van der Waals surface area (Å²) in [4.78, 5) is 0. The summed E-state index contributed by atoms with van der Waals surface area (Å²) < 4.78 is 23.9. The van der Waals surface area contributed by atoms with E-state index in [0.717, 1.165) is 6.42 Å². The maximum atomic E-state index is 6.30. The summed E-state index contributed by atoms with van der Waals surface area (Å²) in [5.41, 5.74) is 3.70. The van der Waals surface area contributed by atoms with Gasteiger partial charge in [-0.1, -0.05) is 35.9 Å². The standard InChI is InChI=1S/C22H26O4/c1-4-5-19-20(21-22(26-19)24-9-8-23-21)25-13-18-12-16-7-6-14(2)10-17(16)11-15(18)3/h4,6-7,10-12,19-22H,1,5,8-9,13H2,2-3H3/t19-,20+,21-,22+/m1/s1. The second kappa shape index (κ2) is 7.49. The van der Waals surface area contributed by atoms with E-state index in [0.29, 0.717) is 19.8 Å². The Balaban J connectivity index is 1.53. The summed E-state index contributed by atoms with van der Waals surface area (Å²) in [5.74, 6) is 0. The van der Waals surface area contributed by atoms with Gasteiger partial charge in [-0.15, -0.1) is 6.58 Å². The van der Waals surface area contributed by atoms with Crippen LogP contribution in [-0.2, 0) is 25.6 Å². The first-order valence-electron chi connectivity index (χ1n) is 9.27. The van der Waals surface area contributed by atoms with Crippen LogP contribution in [0, 0.1) is 13.8 Å². The molecule has 2 aromatic carbocycles. The van der Waals surface area contributed by atoms with Crippen molar-refractivity contribution in [3.8, 4) is 0 Å². The Hall–Kier alpha value is -1.72. The van der Waals surface area contributed by atoms with Gasteiger partial charge in [0.05, 0.1) is 25.9 Å². The first-order valence-corrected chi connectivity index (χ1v) is 9.27. The van der Waals surface area contributed by atoms with Crippen LogP contribution in [0.15, 0.2) is 43.0 Å². The largest absolute Gasteiger partial charge is 0.368 e. The molecule has 0 unspecified atom stereocenters. The predicted molar refractivity (Wildman–Crippen MR) is 101 cm³/mol. The third-order valence-electron chi connectivity index (χ3n) is 5.22. The van der Waals surface area contributed by atoms with Crippen molar-refractivity contribution in [1.29, 1.82) is 0 Å². The van der Waals surface area contributed by atoms with Crippen molar-refractivity contribution in [2.45, 2.75) is 51.5 Å². The minimum absolute atomic E-state index is 0.0796. The van der Waals surface area contributed by atoms with E-state index in [1.807, 2.05) is 6.08 Å². The number of ether oxygens (including phenoxy) is 4. The molecule has 2 aromatic rings. The van der Waals surface area contributed by atoms with E-state index in [1.54, 1.807) is 0 Å². The van der Waals surface area contributed by atoms with Gasteiger partial charge in [0.2, 0.25) is 0 Å². The lowest BCUT2D eigenvalue weighted by Gasteiger charge is -2.28. The molecular formula is C22H26O4. The molecule has 0 radical (unpaired) electrons. The van der Waals surface area contributed by atoms with Gasteiger partial charge in [0.15, 0.2) is 6.29 Å². The van der Waals surface area contributed by atoms with Crippen LogP contribution >= 0.6 is 0 Å². The fraction of sp³-hybridized carbons (Fsp3) is 0.455. The lowest BCUT2D eigenvalue weighted by Crippen LogP contribution is -2.42. The zero-order chi connectivity index (χ0) is 18.1. The number of benzene rings is 2. The van der Waals surface area contributed by atoms with Gasteiger partial charge in [-0.05, 0) is 48.2 Å². The topological polar surface area (TPSA) is 36.9 Å². The molecule has 0 aromatic heterocycles. The van der Waals surface area contributed by atoms with Crippen molar-refractivity contribution >= 4 is 10.8 Å². The molecular weight excluding hydrogens is 328 g/mol. The van der Waals surface area contributed by atoms with E-state index in [-0.39, 0.29) is 24.6 Å². The molecule has 4 rings (SSSR count). The molecule has 2 fully saturated rings. The summed E-state index contributed by atoms with van der Waals surface area (Å²) in [7, 11) is 0.